The molecule has 3 aromatic rings. The standard InChI is InChI=1S/C20H18Cl2N4O3/c1-2-28-17-8-13(16-9-18(27)25-20-23-11-24-26(16)20)7-15(22)19(17)29-10-12-3-5-14(21)6-4-12/h3-8,11,16H,2,9-10H2,1H3,(H,23,24,25,27)/t16-/m1/s1. The molecular weight excluding hydrogens is 415 g/mol. The van der Waals surface area contributed by atoms with E-state index in [1.807, 2.05) is 25.1 Å². The lowest BCUT2D eigenvalue weighted by Crippen LogP contribution is -2.29. The molecule has 0 fully saturated rings. The number of ether oxygens (including phenoxy) is 2. The molecule has 0 saturated heterocycles. The summed E-state index contributed by atoms with van der Waals surface area (Å²) in [7, 11) is 0. The van der Waals surface area contributed by atoms with Gasteiger partial charge in [0.05, 0.1) is 24.1 Å². The summed E-state index contributed by atoms with van der Waals surface area (Å²) in [5.41, 5.74) is 1.74. The predicted molar refractivity (Wildman–Crippen MR) is 110 cm³/mol. The minimum Gasteiger partial charge on any atom is -0.490 e. The molecule has 0 aliphatic carbocycles. The Bertz CT molecular complexity index is 1040. The highest BCUT2D eigenvalue weighted by molar-refractivity contribution is 6.32. The number of anilines is 1. The highest BCUT2D eigenvalue weighted by Gasteiger charge is 2.29. The van der Waals surface area contributed by atoms with Crippen LogP contribution in [0.5, 0.6) is 11.5 Å². The van der Waals surface area contributed by atoms with Gasteiger partial charge in [-0.15, -0.1) is 0 Å². The number of halogens is 2. The Hall–Kier alpha value is -2.77. The molecule has 9 heteroatoms. The third kappa shape index (κ3) is 4.16. The fourth-order valence-electron chi connectivity index (χ4n) is 3.18. The molecule has 1 aromatic heterocycles. The smallest absolute Gasteiger partial charge is 0.229 e. The summed E-state index contributed by atoms with van der Waals surface area (Å²) < 4.78 is 13.4. The predicted octanol–water partition coefficient (Wildman–Crippen LogP) is 4.49. The van der Waals surface area contributed by atoms with Gasteiger partial charge >= 0.3 is 0 Å². The van der Waals surface area contributed by atoms with Gasteiger partial charge < -0.3 is 9.47 Å². The van der Waals surface area contributed by atoms with Crippen LogP contribution in [-0.2, 0) is 11.4 Å². The maximum absolute atomic E-state index is 12.1. The molecule has 0 spiro atoms. The number of benzene rings is 2. The molecule has 1 amide bonds. The molecule has 2 heterocycles. The molecule has 1 N–H and O–H groups in total. The topological polar surface area (TPSA) is 78.3 Å². The summed E-state index contributed by atoms with van der Waals surface area (Å²) in [4.78, 5) is 16.1. The number of amides is 1. The van der Waals surface area contributed by atoms with E-state index in [9.17, 15) is 4.79 Å². The zero-order valence-corrected chi connectivity index (χ0v) is 17.1. The van der Waals surface area contributed by atoms with Crippen molar-refractivity contribution in [2.24, 2.45) is 0 Å². The van der Waals surface area contributed by atoms with E-state index in [-0.39, 0.29) is 18.4 Å². The van der Waals surface area contributed by atoms with Crippen molar-refractivity contribution in [2.75, 3.05) is 11.9 Å². The zero-order chi connectivity index (χ0) is 20.4. The van der Waals surface area contributed by atoms with Gasteiger partial charge in [0.15, 0.2) is 11.5 Å². The van der Waals surface area contributed by atoms with Crippen LogP contribution in [-0.4, -0.2) is 27.3 Å². The van der Waals surface area contributed by atoms with Crippen molar-refractivity contribution < 1.29 is 14.3 Å². The average molecular weight is 433 g/mol. The second-order valence-electron chi connectivity index (χ2n) is 6.47. The quantitative estimate of drug-likeness (QED) is 0.620. The minimum atomic E-state index is -0.330. The van der Waals surface area contributed by atoms with Crippen LogP contribution >= 0.6 is 23.2 Å². The number of nitrogens with one attached hydrogen (secondary N) is 1. The summed E-state index contributed by atoms with van der Waals surface area (Å²) in [6.07, 6.45) is 1.63. The van der Waals surface area contributed by atoms with E-state index < -0.39 is 0 Å². The van der Waals surface area contributed by atoms with E-state index in [4.69, 9.17) is 32.7 Å². The van der Waals surface area contributed by atoms with Gasteiger partial charge in [0.1, 0.15) is 12.9 Å². The number of nitrogens with zero attached hydrogens (tertiary/aromatic N) is 3. The Morgan fingerprint density at radius 1 is 1.21 bits per heavy atom. The Balaban J connectivity index is 1.65. The summed E-state index contributed by atoms with van der Waals surface area (Å²) in [5, 5.41) is 7.98. The van der Waals surface area contributed by atoms with E-state index >= 15 is 0 Å². The van der Waals surface area contributed by atoms with Crippen LogP contribution in [0, 0.1) is 0 Å². The van der Waals surface area contributed by atoms with Crippen LogP contribution in [0.2, 0.25) is 10.0 Å². The number of aromatic nitrogens is 3. The first-order valence-electron chi connectivity index (χ1n) is 9.08. The monoisotopic (exact) mass is 432 g/mol. The molecule has 0 radical (unpaired) electrons. The number of fused-ring (bicyclic) bond motifs is 1. The Morgan fingerprint density at radius 3 is 2.76 bits per heavy atom. The van der Waals surface area contributed by atoms with Gasteiger partial charge in [0.2, 0.25) is 11.9 Å². The van der Waals surface area contributed by atoms with Crippen LogP contribution < -0.4 is 14.8 Å². The van der Waals surface area contributed by atoms with Crippen molar-refractivity contribution in [3.63, 3.8) is 0 Å². The maximum Gasteiger partial charge on any atom is 0.229 e. The number of carbonyl (C=O) groups excluding carboxylic acids is 1. The van der Waals surface area contributed by atoms with Crippen molar-refractivity contribution in [3.05, 3.63) is 63.9 Å². The summed E-state index contributed by atoms with van der Waals surface area (Å²) in [6.45, 7) is 2.64. The molecule has 1 aliphatic heterocycles. The van der Waals surface area contributed by atoms with Gasteiger partial charge in [0, 0.05) is 5.02 Å². The molecule has 150 valence electrons. The van der Waals surface area contributed by atoms with Gasteiger partial charge in [-0.25, -0.2) is 4.68 Å². The lowest BCUT2D eigenvalue weighted by atomic mass is 10.0. The van der Waals surface area contributed by atoms with E-state index in [1.54, 1.807) is 22.9 Å². The third-order valence-corrected chi connectivity index (χ3v) is 5.04. The van der Waals surface area contributed by atoms with Crippen molar-refractivity contribution >= 4 is 35.1 Å². The molecule has 0 bridgehead atoms. The van der Waals surface area contributed by atoms with Crippen LogP contribution in [0.15, 0.2) is 42.7 Å². The number of carbonyl (C=O) groups is 1. The SMILES string of the molecule is CCOc1cc([C@H]2CC(=O)Nc3ncnn32)cc(Cl)c1OCc1ccc(Cl)cc1. The number of hydrogen-bond donors (Lipinski definition) is 1. The van der Waals surface area contributed by atoms with E-state index in [2.05, 4.69) is 15.4 Å². The van der Waals surface area contributed by atoms with Crippen LogP contribution in [0.4, 0.5) is 5.95 Å². The maximum atomic E-state index is 12.1. The van der Waals surface area contributed by atoms with Gasteiger partial charge in [-0.3, -0.25) is 10.1 Å². The Morgan fingerprint density at radius 2 is 2.00 bits per heavy atom. The second-order valence-corrected chi connectivity index (χ2v) is 7.32. The van der Waals surface area contributed by atoms with Gasteiger partial charge in [0.25, 0.3) is 0 Å². The third-order valence-electron chi connectivity index (χ3n) is 4.51. The molecule has 1 atom stereocenters. The fourth-order valence-corrected chi connectivity index (χ4v) is 3.58. The summed E-state index contributed by atoms with van der Waals surface area (Å²) in [5.74, 6) is 1.24. The average Bonchev–Trinajstić information content (AvgIpc) is 3.16. The lowest BCUT2D eigenvalue weighted by Gasteiger charge is -2.25. The molecule has 1 aliphatic rings. The van der Waals surface area contributed by atoms with E-state index in [0.717, 1.165) is 11.1 Å². The Kier molecular flexibility index (Phi) is 5.60. The molecular formula is C20H18Cl2N4O3. The zero-order valence-electron chi connectivity index (χ0n) is 15.6. The molecule has 4 rings (SSSR count). The highest BCUT2D eigenvalue weighted by Crippen LogP contribution is 2.41. The minimum absolute atomic E-state index is 0.132. The van der Waals surface area contributed by atoms with Crippen LogP contribution in [0.25, 0.3) is 0 Å². The molecule has 0 saturated carbocycles. The normalized spacial score (nSPS) is 15.6. The first kappa shape index (κ1) is 19.5. The lowest BCUT2D eigenvalue weighted by molar-refractivity contribution is -0.117. The van der Waals surface area contributed by atoms with Gasteiger partial charge in [-0.2, -0.15) is 10.1 Å². The first-order chi connectivity index (χ1) is 14.0. The molecule has 7 nitrogen and oxygen atoms in total. The number of hydrogen-bond acceptors (Lipinski definition) is 5. The van der Waals surface area contributed by atoms with Crippen molar-refractivity contribution in [1.82, 2.24) is 14.8 Å². The summed E-state index contributed by atoms with van der Waals surface area (Å²) >= 11 is 12.5. The number of rotatable bonds is 6. The van der Waals surface area contributed by atoms with Crippen LogP contribution in [0.1, 0.15) is 30.5 Å². The first-order valence-corrected chi connectivity index (χ1v) is 9.83. The fraction of sp³-hybridized carbons (Fsp3) is 0.250. The molecule has 0 unspecified atom stereocenters. The Labute approximate surface area is 177 Å². The van der Waals surface area contributed by atoms with E-state index in [0.29, 0.717) is 40.7 Å². The second kappa shape index (κ2) is 8.31. The molecule has 29 heavy (non-hydrogen) atoms. The van der Waals surface area contributed by atoms with Crippen LogP contribution in [0.3, 0.4) is 0 Å². The molecule has 2 aromatic carbocycles. The van der Waals surface area contributed by atoms with Gasteiger partial charge in [-0.05, 0) is 42.3 Å². The van der Waals surface area contributed by atoms with Gasteiger partial charge in [-0.1, -0.05) is 35.3 Å². The van der Waals surface area contributed by atoms with E-state index in [1.165, 1.54) is 6.33 Å². The van der Waals surface area contributed by atoms with Crippen molar-refractivity contribution in [1.29, 1.82) is 0 Å². The highest BCUT2D eigenvalue weighted by atomic mass is 35.5. The largest absolute Gasteiger partial charge is 0.490 e. The van der Waals surface area contributed by atoms with Crippen molar-refractivity contribution in [3.8, 4) is 11.5 Å². The van der Waals surface area contributed by atoms with Crippen molar-refractivity contribution in [2.45, 2.75) is 26.0 Å². The summed E-state index contributed by atoms with van der Waals surface area (Å²) in [6, 6.07) is 10.7.